The number of amides is 1. The Labute approximate surface area is 117 Å². The molecule has 2 aromatic rings. The molecule has 0 radical (unpaired) electrons. The van der Waals surface area contributed by atoms with Crippen LogP contribution in [0.3, 0.4) is 0 Å². The first-order valence-corrected chi connectivity index (χ1v) is 7.31. The Morgan fingerprint density at radius 2 is 2.00 bits per heavy atom. The standard InChI is InChI=1S/C15H18N2OS/c16-8-4-9-17(11-13-5-2-1-3-6-13)15(18)14-7-10-19-12-14/h1-3,5-7,10,12H,4,8-9,11,16H2. The van der Waals surface area contributed by atoms with Gasteiger partial charge in [-0.1, -0.05) is 30.3 Å². The molecule has 0 fully saturated rings. The van der Waals surface area contributed by atoms with Crippen molar-refractivity contribution in [2.24, 2.45) is 5.73 Å². The molecule has 0 saturated heterocycles. The van der Waals surface area contributed by atoms with Crippen molar-refractivity contribution in [2.45, 2.75) is 13.0 Å². The van der Waals surface area contributed by atoms with Gasteiger partial charge >= 0.3 is 0 Å². The molecule has 3 nitrogen and oxygen atoms in total. The Morgan fingerprint density at radius 3 is 2.63 bits per heavy atom. The monoisotopic (exact) mass is 274 g/mol. The Kier molecular flexibility index (Phi) is 5.12. The molecular weight excluding hydrogens is 256 g/mol. The summed E-state index contributed by atoms with van der Waals surface area (Å²) in [6.45, 7) is 1.93. The molecular formula is C15H18N2OS. The van der Waals surface area contributed by atoms with Crippen LogP contribution in [0.4, 0.5) is 0 Å². The Balaban J connectivity index is 2.09. The van der Waals surface area contributed by atoms with Gasteiger partial charge in [-0.25, -0.2) is 0 Å². The van der Waals surface area contributed by atoms with E-state index in [-0.39, 0.29) is 5.91 Å². The fourth-order valence-corrected chi connectivity index (χ4v) is 2.54. The quantitative estimate of drug-likeness (QED) is 0.880. The number of rotatable bonds is 6. The second-order valence-corrected chi connectivity index (χ2v) is 5.15. The molecule has 1 aromatic heterocycles. The van der Waals surface area contributed by atoms with E-state index in [2.05, 4.69) is 0 Å². The fourth-order valence-electron chi connectivity index (χ4n) is 1.91. The van der Waals surface area contributed by atoms with Crippen molar-refractivity contribution in [2.75, 3.05) is 13.1 Å². The minimum absolute atomic E-state index is 0.0820. The number of thiophene rings is 1. The maximum Gasteiger partial charge on any atom is 0.254 e. The molecule has 0 unspecified atom stereocenters. The second kappa shape index (κ2) is 7.07. The topological polar surface area (TPSA) is 46.3 Å². The third-order valence-electron chi connectivity index (χ3n) is 2.90. The van der Waals surface area contributed by atoms with Crippen LogP contribution in [0.2, 0.25) is 0 Å². The minimum atomic E-state index is 0.0820. The molecule has 0 saturated carbocycles. The van der Waals surface area contributed by atoms with E-state index in [4.69, 9.17) is 5.73 Å². The number of carbonyl (C=O) groups is 1. The molecule has 1 heterocycles. The lowest BCUT2D eigenvalue weighted by Gasteiger charge is -2.22. The zero-order chi connectivity index (χ0) is 13.5. The van der Waals surface area contributed by atoms with Crippen LogP contribution in [0.15, 0.2) is 47.2 Å². The lowest BCUT2D eigenvalue weighted by Crippen LogP contribution is -2.32. The van der Waals surface area contributed by atoms with Crippen molar-refractivity contribution >= 4 is 17.2 Å². The first-order chi connectivity index (χ1) is 9.31. The van der Waals surface area contributed by atoms with Crippen LogP contribution in [0, 0.1) is 0 Å². The SMILES string of the molecule is NCCCN(Cc1ccccc1)C(=O)c1ccsc1. The number of nitrogens with zero attached hydrogens (tertiary/aromatic N) is 1. The summed E-state index contributed by atoms with van der Waals surface area (Å²) in [5.74, 6) is 0.0820. The summed E-state index contributed by atoms with van der Waals surface area (Å²) in [5, 5.41) is 3.82. The van der Waals surface area contributed by atoms with E-state index >= 15 is 0 Å². The van der Waals surface area contributed by atoms with Gasteiger partial charge in [0.25, 0.3) is 5.91 Å². The Bertz CT molecular complexity index is 496. The lowest BCUT2D eigenvalue weighted by molar-refractivity contribution is 0.0743. The summed E-state index contributed by atoms with van der Waals surface area (Å²) in [4.78, 5) is 14.3. The molecule has 1 amide bonds. The molecule has 0 aliphatic carbocycles. The molecule has 0 atom stereocenters. The lowest BCUT2D eigenvalue weighted by atomic mass is 10.2. The Hall–Kier alpha value is -1.65. The molecule has 2 rings (SSSR count). The van der Waals surface area contributed by atoms with Crippen molar-refractivity contribution in [3.05, 3.63) is 58.3 Å². The largest absolute Gasteiger partial charge is 0.334 e. The zero-order valence-corrected chi connectivity index (χ0v) is 11.6. The maximum atomic E-state index is 12.4. The van der Waals surface area contributed by atoms with Crippen LogP contribution in [-0.4, -0.2) is 23.9 Å². The minimum Gasteiger partial charge on any atom is -0.334 e. The van der Waals surface area contributed by atoms with Crippen LogP contribution in [0.5, 0.6) is 0 Å². The molecule has 19 heavy (non-hydrogen) atoms. The predicted molar refractivity (Wildman–Crippen MR) is 79.2 cm³/mol. The number of hydrogen-bond donors (Lipinski definition) is 1. The average molecular weight is 274 g/mol. The molecule has 100 valence electrons. The van der Waals surface area contributed by atoms with Gasteiger partial charge < -0.3 is 10.6 Å². The normalized spacial score (nSPS) is 10.4. The van der Waals surface area contributed by atoms with E-state index in [1.165, 1.54) is 0 Å². The Morgan fingerprint density at radius 1 is 1.21 bits per heavy atom. The second-order valence-electron chi connectivity index (χ2n) is 4.37. The van der Waals surface area contributed by atoms with Gasteiger partial charge in [0, 0.05) is 18.5 Å². The van der Waals surface area contributed by atoms with Crippen molar-refractivity contribution in [3.63, 3.8) is 0 Å². The first-order valence-electron chi connectivity index (χ1n) is 6.36. The zero-order valence-electron chi connectivity index (χ0n) is 10.8. The number of benzene rings is 1. The highest BCUT2D eigenvalue weighted by molar-refractivity contribution is 7.08. The number of nitrogens with two attached hydrogens (primary N) is 1. The van der Waals surface area contributed by atoms with E-state index in [0.29, 0.717) is 19.6 Å². The van der Waals surface area contributed by atoms with E-state index in [0.717, 1.165) is 17.5 Å². The van der Waals surface area contributed by atoms with Gasteiger partial charge in [0.15, 0.2) is 0 Å². The van der Waals surface area contributed by atoms with Gasteiger partial charge in [0.2, 0.25) is 0 Å². The average Bonchev–Trinajstić information content (AvgIpc) is 2.98. The predicted octanol–water partition coefficient (Wildman–Crippen LogP) is 2.74. The highest BCUT2D eigenvalue weighted by atomic mass is 32.1. The van der Waals surface area contributed by atoms with Crippen molar-refractivity contribution in [1.82, 2.24) is 4.90 Å². The van der Waals surface area contributed by atoms with Crippen molar-refractivity contribution < 1.29 is 4.79 Å². The van der Waals surface area contributed by atoms with Gasteiger partial charge in [-0.15, -0.1) is 0 Å². The molecule has 4 heteroatoms. The number of hydrogen-bond acceptors (Lipinski definition) is 3. The summed E-state index contributed by atoms with van der Waals surface area (Å²) >= 11 is 1.54. The molecule has 1 aromatic carbocycles. The van der Waals surface area contributed by atoms with Gasteiger partial charge in [-0.2, -0.15) is 11.3 Å². The molecule has 0 bridgehead atoms. The van der Waals surface area contributed by atoms with Crippen LogP contribution >= 0.6 is 11.3 Å². The first kappa shape index (κ1) is 13.8. The summed E-state index contributed by atoms with van der Waals surface area (Å²) in [5.41, 5.74) is 7.46. The third-order valence-corrected chi connectivity index (χ3v) is 3.59. The third kappa shape index (κ3) is 3.91. The van der Waals surface area contributed by atoms with Crippen molar-refractivity contribution in [3.8, 4) is 0 Å². The fraction of sp³-hybridized carbons (Fsp3) is 0.267. The summed E-state index contributed by atoms with van der Waals surface area (Å²) in [7, 11) is 0. The van der Waals surface area contributed by atoms with Crippen LogP contribution in [-0.2, 0) is 6.54 Å². The van der Waals surface area contributed by atoms with Gasteiger partial charge in [0.1, 0.15) is 0 Å². The molecule has 0 aliphatic rings. The van der Waals surface area contributed by atoms with E-state index in [9.17, 15) is 4.79 Å². The molecule has 2 N–H and O–H groups in total. The van der Waals surface area contributed by atoms with Crippen molar-refractivity contribution in [1.29, 1.82) is 0 Å². The summed E-state index contributed by atoms with van der Waals surface area (Å²) in [6, 6.07) is 11.9. The van der Waals surface area contributed by atoms with Crippen LogP contribution in [0.1, 0.15) is 22.3 Å². The molecule has 0 spiro atoms. The number of carbonyl (C=O) groups excluding carboxylic acids is 1. The van der Waals surface area contributed by atoms with Crippen LogP contribution in [0.25, 0.3) is 0 Å². The van der Waals surface area contributed by atoms with Crippen LogP contribution < -0.4 is 5.73 Å². The van der Waals surface area contributed by atoms with E-state index < -0.39 is 0 Å². The highest BCUT2D eigenvalue weighted by Gasteiger charge is 2.15. The summed E-state index contributed by atoms with van der Waals surface area (Å²) in [6.07, 6.45) is 0.822. The smallest absolute Gasteiger partial charge is 0.254 e. The highest BCUT2D eigenvalue weighted by Crippen LogP contribution is 2.13. The van der Waals surface area contributed by atoms with E-state index in [1.54, 1.807) is 11.3 Å². The maximum absolute atomic E-state index is 12.4. The molecule has 0 aliphatic heterocycles. The van der Waals surface area contributed by atoms with E-state index in [1.807, 2.05) is 52.1 Å². The van der Waals surface area contributed by atoms with Gasteiger partial charge in [-0.05, 0) is 30.0 Å². The van der Waals surface area contributed by atoms with Gasteiger partial charge in [-0.3, -0.25) is 4.79 Å². The summed E-state index contributed by atoms with van der Waals surface area (Å²) < 4.78 is 0. The van der Waals surface area contributed by atoms with Gasteiger partial charge in [0.05, 0.1) is 5.56 Å².